The molecule has 1 amide bonds. The Bertz CT molecular complexity index is 828. The maximum Gasteiger partial charge on any atom is 0.387 e. The Labute approximate surface area is 145 Å². The Kier molecular flexibility index (Phi) is 6.02. The molecule has 0 fully saturated rings. The predicted molar refractivity (Wildman–Crippen MR) is 88.8 cm³/mol. The number of benzene rings is 2. The fraction of sp³-hybridized carbons (Fsp3) is 0.0625. The van der Waals surface area contributed by atoms with Gasteiger partial charge in [0.15, 0.2) is 0 Å². The number of hydrogen-bond donors (Lipinski definition) is 1. The highest BCUT2D eigenvalue weighted by molar-refractivity contribution is 6.32. The Morgan fingerprint density at radius 1 is 1.28 bits per heavy atom. The second kappa shape index (κ2) is 8.20. The molecule has 130 valence electrons. The first-order chi connectivity index (χ1) is 11.8. The number of nitrogens with zero attached hydrogens (tertiary/aromatic N) is 1. The van der Waals surface area contributed by atoms with Crippen LogP contribution in [0.25, 0.3) is 6.08 Å². The van der Waals surface area contributed by atoms with Gasteiger partial charge in [-0.25, -0.2) is 0 Å². The fourth-order valence-corrected chi connectivity index (χ4v) is 2.09. The lowest BCUT2D eigenvalue weighted by molar-refractivity contribution is -0.384. The van der Waals surface area contributed by atoms with Crippen molar-refractivity contribution < 1.29 is 23.2 Å². The zero-order valence-corrected chi connectivity index (χ0v) is 13.2. The van der Waals surface area contributed by atoms with Crippen molar-refractivity contribution in [2.75, 3.05) is 5.32 Å². The molecule has 0 radical (unpaired) electrons. The monoisotopic (exact) mass is 368 g/mol. The summed E-state index contributed by atoms with van der Waals surface area (Å²) in [7, 11) is 0. The smallest absolute Gasteiger partial charge is 0.387 e. The van der Waals surface area contributed by atoms with Crippen molar-refractivity contribution >= 4 is 35.0 Å². The zero-order valence-electron chi connectivity index (χ0n) is 12.5. The van der Waals surface area contributed by atoms with Crippen LogP contribution in [0, 0.1) is 10.1 Å². The molecular weight excluding hydrogens is 358 g/mol. The molecule has 2 aromatic carbocycles. The molecule has 0 spiro atoms. The number of nitro groups is 1. The number of amides is 1. The van der Waals surface area contributed by atoms with Crippen LogP contribution in [0.2, 0.25) is 5.02 Å². The lowest BCUT2D eigenvalue weighted by Gasteiger charge is -2.08. The maximum atomic E-state index is 12.1. The van der Waals surface area contributed by atoms with Gasteiger partial charge in [-0.15, -0.1) is 0 Å². The molecule has 0 bridgehead atoms. The minimum Gasteiger partial charge on any atom is -0.433 e. The molecule has 0 aliphatic rings. The third-order valence-corrected chi connectivity index (χ3v) is 3.22. The van der Waals surface area contributed by atoms with E-state index in [0.717, 1.165) is 0 Å². The number of anilines is 1. The van der Waals surface area contributed by atoms with Gasteiger partial charge in [-0.2, -0.15) is 8.78 Å². The van der Waals surface area contributed by atoms with E-state index in [1.807, 2.05) is 0 Å². The van der Waals surface area contributed by atoms with Crippen LogP contribution in [0.1, 0.15) is 5.56 Å². The van der Waals surface area contributed by atoms with Gasteiger partial charge in [0.1, 0.15) is 5.75 Å². The van der Waals surface area contributed by atoms with E-state index in [-0.39, 0.29) is 22.1 Å². The van der Waals surface area contributed by atoms with Gasteiger partial charge in [0.25, 0.3) is 5.69 Å². The number of alkyl halides is 2. The van der Waals surface area contributed by atoms with E-state index in [1.54, 1.807) is 6.07 Å². The lowest BCUT2D eigenvalue weighted by atomic mass is 10.2. The first-order valence-electron chi connectivity index (χ1n) is 6.83. The van der Waals surface area contributed by atoms with Crippen LogP contribution >= 0.6 is 11.6 Å². The Hall–Kier alpha value is -3.00. The third-order valence-electron chi connectivity index (χ3n) is 2.92. The fourth-order valence-electron chi connectivity index (χ4n) is 1.87. The number of nitro benzene ring substituents is 1. The molecule has 0 aromatic heterocycles. The summed E-state index contributed by atoms with van der Waals surface area (Å²) in [4.78, 5) is 22.0. The van der Waals surface area contributed by atoms with Crippen LogP contribution in [-0.4, -0.2) is 17.4 Å². The van der Waals surface area contributed by atoms with Crippen LogP contribution in [0.5, 0.6) is 5.75 Å². The number of carbonyl (C=O) groups is 1. The largest absolute Gasteiger partial charge is 0.433 e. The summed E-state index contributed by atoms with van der Waals surface area (Å²) in [6.07, 6.45) is 2.58. The molecular formula is C16H11ClF2N2O4. The standard InChI is InChI=1S/C16H11ClF2N2O4/c17-13-9-11(5-6-14(13)25-16(18)19)20-15(22)7-4-10-2-1-3-12(8-10)21(23)24/h1-9,16H,(H,20,22)/b7-4+. The number of hydrogen-bond acceptors (Lipinski definition) is 4. The van der Waals surface area contributed by atoms with Crippen LogP contribution in [0.15, 0.2) is 48.5 Å². The summed E-state index contributed by atoms with van der Waals surface area (Å²) in [6, 6.07) is 9.57. The summed E-state index contributed by atoms with van der Waals surface area (Å²) >= 11 is 5.79. The van der Waals surface area contributed by atoms with Crippen LogP contribution in [0.3, 0.4) is 0 Å². The van der Waals surface area contributed by atoms with Gasteiger partial charge in [-0.05, 0) is 29.8 Å². The SMILES string of the molecule is O=C(/C=C/c1cccc([N+](=O)[O-])c1)Nc1ccc(OC(F)F)c(Cl)c1. The summed E-state index contributed by atoms with van der Waals surface area (Å²) < 4.78 is 28.5. The molecule has 25 heavy (non-hydrogen) atoms. The van der Waals surface area contributed by atoms with Gasteiger partial charge in [-0.3, -0.25) is 14.9 Å². The molecule has 0 atom stereocenters. The molecule has 0 saturated carbocycles. The van der Waals surface area contributed by atoms with E-state index in [9.17, 15) is 23.7 Å². The average molecular weight is 369 g/mol. The second-order valence-corrected chi connectivity index (χ2v) is 5.11. The van der Waals surface area contributed by atoms with Crippen LogP contribution in [0.4, 0.5) is 20.2 Å². The Balaban J connectivity index is 2.03. The molecule has 0 aliphatic carbocycles. The van der Waals surface area contributed by atoms with Crippen molar-refractivity contribution in [2.45, 2.75) is 6.61 Å². The molecule has 0 heterocycles. The minimum absolute atomic E-state index is 0.0826. The Morgan fingerprint density at radius 3 is 2.68 bits per heavy atom. The molecule has 6 nitrogen and oxygen atoms in total. The van der Waals surface area contributed by atoms with E-state index >= 15 is 0 Å². The average Bonchev–Trinajstić information content (AvgIpc) is 2.55. The first-order valence-corrected chi connectivity index (χ1v) is 7.21. The molecule has 9 heteroatoms. The zero-order chi connectivity index (χ0) is 18.4. The summed E-state index contributed by atoms with van der Waals surface area (Å²) in [5, 5.41) is 13.1. The van der Waals surface area contributed by atoms with E-state index in [4.69, 9.17) is 11.6 Å². The van der Waals surface area contributed by atoms with Gasteiger partial charge in [-0.1, -0.05) is 23.7 Å². The van der Waals surface area contributed by atoms with E-state index in [0.29, 0.717) is 5.56 Å². The highest BCUT2D eigenvalue weighted by Gasteiger charge is 2.10. The quantitative estimate of drug-likeness (QED) is 0.462. The van der Waals surface area contributed by atoms with Gasteiger partial charge < -0.3 is 10.1 Å². The van der Waals surface area contributed by atoms with Crippen molar-refractivity contribution in [1.82, 2.24) is 0 Å². The highest BCUT2D eigenvalue weighted by atomic mass is 35.5. The molecule has 0 saturated heterocycles. The maximum absolute atomic E-state index is 12.1. The van der Waals surface area contributed by atoms with Crippen molar-refractivity contribution in [2.24, 2.45) is 0 Å². The third kappa shape index (κ3) is 5.54. The number of halogens is 3. The van der Waals surface area contributed by atoms with E-state index < -0.39 is 17.4 Å². The van der Waals surface area contributed by atoms with E-state index in [1.165, 1.54) is 48.6 Å². The summed E-state index contributed by atoms with van der Waals surface area (Å²) in [6.45, 7) is -3.00. The van der Waals surface area contributed by atoms with Gasteiger partial charge >= 0.3 is 6.61 Å². The van der Waals surface area contributed by atoms with Crippen molar-refractivity contribution in [1.29, 1.82) is 0 Å². The molecule has 0 unspecified atom stereocenters. The first kappa shape index (κ1) is 18.3. The molecule has 2 rings (SSSR count). The minimum atomic E-state index is -3.00. The lowest BCUT2D eigenvalue weighted by Crippen LogP contribution is -2.08. The van der Waals surface area contributed by atoms with Crippen molar-refractivity contribution in [3.8, 4) is 5.75 Å². The van der Waals surface area contributed by atoms with Gasteiger partial charge in [0.05, 0.1) is 9.95 Å². The number of rotatable bonds is 6. The number of nitrogens with one attached hydrogen (secondary N) is 1. The van der Waals surface area contributed by atoms with Crippen molar-refractivity contribution in [3.63, 3.8) is 0 Å². The van der Waals surface area contributed by atoms with Crippen molar-refractivity contribution in [3.05, 3.63) is 69.2 Å². The second-order valence-electron chi connectivity index (χ2n) is 4.70. The predicted octanol–water partition coefficient (Wildman–Crippen LogP) is 4.50. The number of carbonyl (C=O) groups excluding carboxylic acids is 1. The number of ether oxygens (including phenoxy) is 1. The summed E-state index contributed by atoms with van der Waals surface area (Å²) in [5.74, 6) is -0.730. The normalized spacial score (nSPS) is 10.9. The van der Waals surface area contributed by atoms with Gasteiger partial charge in [0, 0.05) is 23.9 Å². The molecule has 1 N–H and O–H groups in total. The van der Waals surface area contributed by atoms with E-state index in [2.05, 4.69) is 10.1 Å². The van der Waals surface area contributed by atoms with Gasteiger partial charge in [0.2, 0.25) is 5.91 Å². The molecule has 0 aliphatic heterocycles. The Morgan fingerprint density at radius 2 is 2.04 bits per heavy atom. The summed E-state index contributed by atoms with van der Waals surface area (Å²) in [5.41, 5.74) is 0.660. The number of non-ortho nitro benzene ring substituents is 1. The van der Waals surface area contributed by atoms with Crippen LogP contribution < -0.4 is 10.1 Å². The van der Waals surface area contributed by atoms with Crippen LogP contribution in [-0.2, 0) is 4.79 Å². The topological polar surface area (TPSA) is 81.5 Å². The highest BCUT2D eigenvalue weighted by Crippen LogP contribution is 2.28. The molecule has 2 aromatic rings.